The predicted octanol–water partition coefficient (Wildman–Crippen LogP) is 9.39. The number of benzene rings is 2. The van der Waals surface area contributed by atoms with E-state index >= 15 is 0 Å². The Kier molecular flexibility index (Phi) is 25.0. The SMILES string of the molecule is CC.CCCN(CCC)C/C(NCS)=C(\CSC1=CC(C)C(C=O)C=C1)c1ccc(CF)cc1.CO.Cc1ccc(Cl)cc1. The molecule has 44 heavy (non-hydrogen) atoms. The van der Waals surface area contributed by atoms with Crippen molar-refractivity contribution in [2.45, 2.75) is 61.1 Å². The van der Waals surface area contributed by atoms with Crippen molar-refractivity contribution < 1.29 is 14.3 Å². The summed E-state index contributed by atoms with van der Waals surface area (Å²) in [6.45, 7) is 15.0. The highest BCUT2D eigenvalue weighted by Gasteiger charge is 2.18. The molecular weight excluding hydrogens is 611 g/mol. The van der Waals surface area contributed by atoms with Gasteiger partial charge in [0.1, 0.15) is 13.0 Å². The Bertz CT molecular complexity index is 1090. The van der Waals surface area contributed by atoms with Crippen LogP contribution in [0.5, 0.6) is 0 Å². The molecule has 1 aliphatic rings. The standard InChI is InChI=1S/C26H37FN2OS2.C7H7Cl.C2H6.CH4O/c1-4-12-29(13-5-2)16-26(28-19-31)25(22-8-6-21(15-27)7-9-22)18-32-24-11-10-23(17-30)20(3)14-24;1-6-2-4-7(8)5-3-6;2*1-2/h6-11,14,17,20,23,28,31H,4-5,12-13,15-16,18-19H2,1-3H3;2-5H,1H3;1-2H3;2H,1H3/b26-25-;;;. The normalized spacial score (nSPS) is 15.8. The fourth-order valence-corrected chi connectivity index (χ4v) is 5.83. The Morgan fingerprint density at radius 2 is 1.66 bits per heavy atom. The maximum Gasteiger partial charge on any atom is 0.127 e. The molecule has 246 valence electrons. The van der Waals surface area contributed by atoms with Gasteiger partial charge in [0.2, 0.25) is 0 Å². The minimum absolute atomic E-state index is 0.0411. The summed E-state index contributed by atoms with van der Waals surface area (Å²) < 4.78 is 13.1. The number of aliphatic hydroxyl groups is 1. The van der Waals surface area contributed by atoms with Gasteiger partial charge < -0.3 is 15.2 Å². The number of aldehydes is 1. The number of carbonyl (C=O) groups excluding carboxylic acids is 1. The zero-order valence-electron chi connectivity index (χ0n) is 27.7. The molecular formula is C36H54ClFN2O2S2. The first-order chi connectivity index (χ1) is 21.3. The highest BCUT2D eigenvalue weighted by Crippen LogP contribution is 2.32. The van der Waals surface area contributed by atoms with E-state index in [0.29, 0.717) is 11.4 Å². The fraction of sp³-hybridized carbons (Fsp3) is 0.472. The highest BCUT2D eigenvalue weighted by atomic mass is 35.5. The van der Waals surface area contributed by atoms with Crippen LogP contribution in [0.1, 0.15) is 64.2 Å². The lowest BCUT2D eigenvalue weighted by Gasteiger charge is -2.26. The molecule has 0 saturated carbocycles. The molecule has 2 unspecified atom stereocenters. The molecule has 2 N–H and O–H groups in total. The molecule has 0 bridgehead atoms. The third-order valence-corrected chi connectivity index (χ3v) is 8.09. The summed E-state index contributed by atoms with van der Waals surface area (Å²) in [7, 11) is 1.00. The minimum Gasteiger partial charge on any atom is -0.400 e. The van der Waals surface area contributed by atoms with E-state index < -0.39 is 6.67 Å². The number of aliphatic hydroxyl groups excluding tert-OH is 1. The van der Waals surface area contributed by atoms with Crippen molar-refractivity contribution >= 4 is 47.9 Å². The third kappa shape index (κ3) is 16.3. The van der Waals surface area contributed by atoms with Gasteiger partial charge in [0, 0.05) is 41.0 Å². The fourth-order valence-electron chi connectivity index (χ4n) is 4.38. The van der Waals surface area contributed by atoms with Gasteiger partial charge in [-0.2, -0.15) is 12.6 Å². The number of thiol groups is 1. The second kappa shape index (κ2) is 26.2. The van der Waals surface area contributed by atoms with Crippen LogP contribution in [0.3, 0.4) is 0 Å². The van der Waals surface area contributed by atoms with Gasteiger partial charge in [0.25, 0.3) is 0 Å². The van der Waals surface area contributed by atoms with Crippen LogP contribution in [0.4, 0.5) is 4.39 Å². The first kappa shape index (κ1) is 42.0. The zero-order valence-corrected chi connectivity index (χ0v) is 30.1. The van der Waals surface area contributed by atoms with Crippen LogP contribution in [-0.2, 0) is 11.5 Å². The summed E-state index contributed by atoms with van der Waals surface area (Å²) in [6, 6.07) is 15.5. The Hall–Kier alpha value is -2.03. The second-order valence-electron chi connectivity index (χ2n) is 9.98. The molecule has 0 amide bonds. The molecule has 4 nitrogen and oxygen atoms in total. The lowest BCUT2D eigenvalue weighted by Crippen LogP contribution is -2.32. The molecule has 8 heteroatoms. The van der Waals surface area contributed by atoms with Gasteiger partial charge in [-0.15, -0.1) is 11.8 Å². The highest BCUT2D eigenvalue weighted by molar-refractivity contribution is 8.03. The molecule has 0 saturated heterocycles. The molecule has 0 heterocycles. The van der Waals surface area contributed by atoms with E-state index in [2.05, 4.69) is 55.8 Å². The van der Waals surface area contributed by atoms with Crippen molar-refractivity contribution in [3.8, 4) is 0 Å². The summed E-state index contributed by atoms with van der Waals surface area (Å²) >= 11 is 11.8. The van der Waals surface area contributed by atoms with Crippen LogP contribution < -0.4 is 5.32 Å². The molecule has 2 aromatic rings. The smallest absolute Gasteiger partial charge is 0.127 e. The monoisotopic (exact) mass is 664 g/mol. The van der Waals surface area contributed by atoms with Crippen molar-refractivity contribution in [3.63, 3.8) is 0 Å². The summed E-state index contributed by atoms with van der Waals surface area (Å²) in [5.74, 6) is 1.50. The van der Waals surface area contributed by atoms with Crippen LogP contribution >= 0.6 is 36.0 Å². The van der Waals surface area contributed by atoms with E-state index in [1.807, 2.05) is 75.4 Å². The summed E-state index contributed by atoms with van der Waals surface area (Å²) in [5, 5.41) is 11.3. The molecule has 0 fully saturated rings. The maximum absolute atomic E-state index is 13.1. The number of halogens is 2. The van der Waals surface area contributed by atoms with E-state index in [4.69, 9.17) is 16.7 Å². The van der Waals surface area contributed by atoms with Crippen LogP contribution in [0.2, 0.25) is 5.02 Å². The number of thioether (sulfide) groups is 1. The Morgan fingerprint density at radius 1 is 1.07 bits per heavy atom. The maximum atomic E-state index is 13.1. The number of hydrogen-bond donors (Lipinski definition) is 3. The topological polar surface area (TPSA) is 52.6 Å². The Morgan fingerprint density at radius 3 is 2.11 bits per heavy atom. The van der Waals surface area contributed by atoms with E-state index in [1.54, 1.807) is 11.8 Å². The van der Waals surface area contributed by atoms with Crippen molar-refractivity contribution in [3.05, 3.63) is 99.1 Å². The number of rotatable bonds is 14. The molecule has 0 aliphatic heterocycles. The van der Waals surface area contributed by atoms with Crippen LogP contribution in [0.25, 0.3) is 5.57 Å². The quantitative estimate of drug-likeness (QED) is 0.107. The number of aryl methyl sites for hydroxylation is 1. The van der Waals surface area contributed by atoms with Crippen LogP contribution in [0.15, 0.2) is 77.4 Å². The number of alkyl halides is 1. The first-order valence-electron chi connectivity index (χ1n) is 15.4. The van der Waals surface area contributed by atoms with Crippen molar-refractivity contribution in [1.29, 1.82) is 0 Å². The molecule has 2 atom stereocenters. The second-order valence-corrected chi connectivity index (χ2v) is 11.8. The average Bonchev–Trinajstić information content (AvgIpc) is 3.05. The van der Waals surface area contributed by atoms with Crippen molar-refractivity contribution in [2.75, 3.05) is 38.4 Å². The number of hydrogen-bond acceptors (Lipinski definition) is 6. The number of allylic oxidation sites excluding steroid dienone is 3. The van der Waals surface area contributed by atoms with Gasteiger partial charge in [0.15, 0.2) is 0 Å². The van der Waals surface area contributed by atoms with Gasteiger partial charge in [0.05, 0.1) is 5.88 Å². The Balaban J connectivity index is 0.00000130. The van der Waals surface area contributed by atoms with Crippen molar-refractivity contribution in [2.24, 2.45) is 11.8 Å². The number of nitrogens with one attached hydrogen (secondary N) is 1. The molecule has 0 aromatic heterocycles. The number of carbonyl (C=O) groups is 1. The molecule has 2 aromatic carbocycles. The number of nitrogens with zero attached hydrogens (tertiary/aromatic N) is 1. The summed E-state index contributed by atoms with van der Waals surface area (Å²) in [4.78, 5) is 14.9. The van der Waals surface area contributed by atoms with Crippen LogP contribution in [-0.4, -0.2) is 54.7 Å². The summed E-state index contributed by atoms with van der Waals surface area (Å²) in [5.41, 5.74) is 5.42. The average molecular weight is 665 g/mol. The van der Waals surface area contributed by atoms with Gasteiger partial charge in [-0.05, 0) is 67.6 Å². The third-order valence-electron chi connectivity index (χ3n) is 6.64. The van der Waals surface area contributed by atoms with Crippen LogP contribution in [0, 0.1) is 18.8 Å². The molecule has 0 radical (unpaired) electrons. The van der Waals surface area contributed by atoms with E-state index in [-0.39, 0.29) is 11.8 Å². The van der Waals surface area contributed by atoms with E-state index in [1.165, 1.54) is 21.7 Å². The van der Waals surface area contributed by atoms with Gasteiger partial charge >= 0.3 is 0 Å². The largest absolute Gasteiger partial charge is 0.400 e. The summed E-state index contributed by atoms with van der Waals surface area (Å²) in [6.07, 6.45) is 9.46. The van der Waals surface area contributed by atoms with Gasteiger partial charge in [-0.1, -0.05) is 106 Å². The van der Waals surface area contributed by atoms with Gasteiger partial charge in [-0.25, -0.2) is 4.39 Å². The molecule has 3 rings (SSSR count). The van der Waals surface area contributed by atoms with E-state index in [9.17, 15) is 9.18 Å². The van der Waals surface area contributed by atoms with Crippen molar-refractivity contribution in [1.82, 2.24) is 10.2 Å². The first-order valence-corrected chi connectivity index (χ1v) is 17.4. The lowest BCUT2D eigenvalue weighted by atomic mass is 9.91. The Labute approximate surface area is 281 Å². The lowest BCUT2D eigenvalue weighted by molar-refractivity contribution is -0.110. The van der Waals surface area contributed by atoms with Gasteiger partial charge in [-0.3, -0.25) is 4.90 Å². The van der Waals surface area contributed by atoms with E-state index in [0.717, 1.165) is 62.2 Å². The zero-order chi connectivity index (χ0) is 33.3. The minimum atomic E-state index is -0.454. The molecule has 0 spiro atoms. The molecule has 1 aliphatic carbocycles. The predicted molar refractivity (Wildman–Crippen MR) is 196 cm³/mol.